The summed E-state index contributed by atoms with van der Waals surface area (Å²) < 4.78 is 22.8. The maximum Gasteiger partial charge on any atom is 0.329 e. The lowest BCUT2D eigenvalue weighted by atomic mass is 10.1. The number of rotatable bonds is 5. The fourth-order valence-electron chi connectivity index (χ4n) is 1.44. The largest absolute Gasteiger partial charge is 0.480 e. The van der Waals surface area contributed by atoms with Crippen LogP contribution in [0.3, 0.4) is 0 Å². The van der Waals surface area contributed by atoms with Crippen molar-refractivity contribution >= 4 is 5.97 Å². The number of ether oxygens (including phenoxy) is 1. The van der Waals surface area contributed by atoms with Gasteiger partial charge < -0.3 is 14.4 Å². The van der Waals surface area contributed by atoms with Crippen molar-refractivity contribution in [3.8, 4) is 11.4 Å². The second-order valence-electron chi connectivity index (χ2n) is 3.86. The molecule has 2 rings (SSSR count). The number of carboxylic acids is 1. The lowest BCUT2D eigenvalue weighted by Crippen LogP contribution is -2.06. The molecular formula is C12H11FN2O4. The van der Waals surface area contributed by atoms with Gasteiger partial charge in [0.15, 0.2) is 0 Å². The Labute approximate surface area is 107 Å². The van der Waals surface area contributed by atoms with Crippen molar-refractivity contribution < 1.29 is 23.6 Å². The summed E-state index contributed by atoms with van der Waals surface area (Å²) in [5.41, 5.74) is 1.10. The Morgan fingerprint density at radius 3 is 3.00 bits per heavy atom. The van der Waals surface area contributed by atoms with Crippen LogP contribution in [0.2, 0.25) is 0 Å². The molecule has 0 unspecified atom stereocenters. The Bertz CT molecular complexity index is 597. The molecule has 19 heavy (non-hydrogen) atoms. The number of nitrogens with zero attached hydrogens (tertiary/aromatic N) is 2. The third-order valence-corrected chi connectivity index (χ3v) is 2.34. The zero-order valence-electron chi connectivity index (χ0n) is 10.1. The topological polar surface area (TPSA) is 85.5 Å². The van der Waals surface area contributed by atoms with Crippen molar-refractivity contribution in [2.24, 2.45) is 0 Å². The molecule has 0 saturated heterocycles. The van der Waals surface area contributed by atoms with Gasteiger partial charge in [0.1, 0.15) is 19.0 Å². The monoisotopic (exact) mass is 266 g/mol. The van der Waals surface area contributed by atoms with Gasteiger partial charge in [0, 0.05) is 5.56 Å². The molecule has 0 radical (unpaired) electrons. The van der Waals surface area contributed by atoms with Gasteiger partial charge in [0.2, 0.25) is 5.82 Å². The van der Waals surface area contributed by atoms with Crippen LogP contribution in [-0.2, 0) is 16.1 Å². The van der Waals surface area contributed by atoms with Gasteiger partial charge in [-0.05, 0) is 30.7 Å². The van der Waals surface area contributed by atoms with Crippen LogP contribution in [0.25, 0.3) is 11.4 Å². The number of halogens is 1. The molecule has 0 bridgehead atoms. The minimum atomic E-state index is -1.08. The summed E-state index contributed by atoms with van der Waals surface area (Å²) in [6.45, 7) is 1.11. The minimum Gasteiger partial charge on any atom is -0.480 e. The molecule has 0 aliphatic carbocycles. The summed E-state index contributed by atoms with van der Waals surface area (Å²) in [6, 6.07) is 4.46. The van der Waals surface area contributed by atoms with E-state index in [9.17, 15) is 9.18 Å². The van der Waals surface area contributed by atoms with Crippen molar-refractivity contribution in [1.82, 2.24) is 10.1 Å². The summed E-state index contributed by atoms with van der Waals surface area (Å²) in [5, 5.41) is 12.1. The van der Waals surface area contributed by atoms with Gasteiger partial charge in [-0.2, -0.15) is 4.98 Å². The zero-order valence-corrected chi connectivity index (χ0v) is 10.1. The summed E-state index contributed by atoms with van der Waals surface area (Å²) in [5.74, 6) is -0.915. The van der Waals surface area contributed by atoms with E-state index in [1.165, 1.54) is 12.1 Å². The Morgan fingerprint density at radius 1 is 1.53 bits per heavy atom. The van der Waals surface area contributed by atoms with Crippen molar-refractivity contribution in [2.75, 3.05) is 6.61 Å². The first kappa shape index (κ1) is 13.2. The van der Waals surface area contributed by atoms with Crippen molar-refractivity contribution in [2.45, 2.75) is 13.5 Å². The van der Waals surface area contributed by atoms with Gasteiger partial charge in [0.05, 0.1) is 0 Å². The number of benzene rings is 1. The highest BCUT2D eigenvalue weighted by molar-refractivity contribution is 5.67. The number of aromatic nitrogens is 2. The third kappa shape index (κ3) is 3.35. The minimum absolute atomic E-state index is 0.0839. The molecule has 1 aromatic heterocycles. The van der Waals surface area contributed by atoms with Gasteiger partial charge in [0.25, 0.3) is 5.89 Å². The average Bonchev–Trinajstić information content (AvgIpc) is 2.81. The zero-order chi connectivity index (χ0) is 13.8. The Hall–Kier alpha value is -2.28. The predicted octanol–water partition coefficient (Wildman–Crippen LogP) is 1.79. The van der Waals surface area contributed by atoms with Crippen LogP contribution in [0.15, 0.2) is 22.7 Å². The van der Waals surface area contributed by atoms with Crippen LogP contribution in [0, 0.1) is 12.7 Å². The lowest BCUT2D eigenvalue weighted by Gasteiger charge is -1.98. The van der Waals surface area contributed by atoms with E-state index < -0.39 is 12.6 Å². The quantitative estimate of drug-likeness (QED) is 0.887. The van der Waals surface area contributed by atoms with E-state index in [0.717, 1.165) is 0 Å². The summed E-state index contributed by atoms with van der Waals surface area (Å²) >= 11 is 0. The molecule has 0 fully saturated rings. The number of aliphatic carboxylic acids is 1. The standard InChI is InChI=1S/C12H11FN2O4/c1-7-4-8(2-3-9(7)13)12-14-10(19-15-12)5-18-6-11(16)17/h2-4H,5-6H2,1H3,(H,16,17). The highest BCUT2D eigenvalue weighted by Crippen LogP contribution is 2.19. The number of aryl methyl sites for hydroxylation is 1. The highest BCUT2D eigenvalue weighted by atomic mass is 19.1. The average molecular weight is 266 g/mol. The Kier molecular flexibility index (Phi) is 3.86. The number of carbonyl (C=O) groups is 1. The van der Waals surface area contributed by atoms with Gasteiger partial charge in [-0.15, -0.1) is 0 Å². The van der Waals surface area contributed by atoms with E-state index >= 15 is 0 Å². The molecule has 6 nitrogen and oxygen atoms in total. The van der Waals surface area contributed by atoms with Crippen LogP contribution >= 0.6 is 0 Å². The molecule has 1 heterocycles. The normalized spacial score (nSPS) is 10.6. The van der Waals surface area contributed by atoms with Crippen molar-refractivity contribution in [3.63, 3.8) is 0 Å². The number of carboxylic acid groups (broad SMARTS) is 1. The molecule has 0 amide bonds. The summed E-state index contributed by atoms with van der Waals surface area (Å²) in [6.07, 6.45) is 0. The summed E-state index contributed by atoms with van der Waals surface area (Å²) in [7, 11) is 0. The molecule has 0 aliphatic heterocycles. The van der Waals surface area contributed by atoms with Crippen molar-refractivity contribution in [3.05, 3.63) is 35.5 Å². The molecule has 0 aliphatic rings. The maximum atomic E-state index is 13.1. The Balaban J connectivity index is 2.07. The van der Waals surface area contributed by atoms with Gasteiger partial charge in [-0.1, -0.05) is 5.16 Å². The Morgan fingerprint density at radius 2 is 2.32 bits per heavy atom. The molecule has 1 N–H and O–H groups in total. The fourth-order valence-corrected chi connectivity index (χ4v) is 1.44. The second-order valence-corrected chi connectivity index (χ2v) is 3.86. The number of hydrogen-bond donors (Lipinski definition) is 1. The van der Waals surface area contributed by atoms with Crippen LogP contribution in [0.4, 0.5) is 4.39 Å². The van der Waals surface area contributed by atoms with E-state index in [1.54, 1.807) is 13.0 Å². The van der Waals surface area contributed by atoms with Crippen molar-refractivity contribution in [1.29, 1.82) is 0 Å². The third-order valence-electron chi connectivity index (χ3n) is 2.34. The molecular weight excluding hydrogens is 255 g/mol. The second kappa shape index (κ2) is 5.57. The highest BCUT2D eigenvalue weighted by Gasteiger charge is 2.10. The molecule has 1 aromatic carbocycles. The summed E-state index contributed by atoms with van der Waals surface area (Å²) in [4.78, 5) is 14.3. The van der Waals surface area contributed by atoms with E-state index in [4.69, 9.17) is 14.4 Å². The molecule has 7 heteroatoms. The molecule has 0 saturated carbocycles. The first-order valence-corrected chi connectivity index (χ1v) is 5.45. The van der Waals surface area contributed by atoms with Gasteiger partial charge >= 0.3 is 5.97 Å². The van der Waals surface area contributed by atoms with Gasteiger partial charge in [-0.25, -0.2) is 9.18 Å². The number of hydrogen-bond acceptors (Lipinski definition) is 5. The molecule has 0 atom stereocenters. The van der Waals surface area contributed by atoms with E-state index in [2.05, 4.69) is 10.1 Å². The predicted molar refractivity (Wildman–Crippen MR) is 61.7 cm³/mol. The van der Waals surface area contributed by atoms with Gasteiger partial charge in [-0.3, -0.25) is 0 Å². The smallest absolute Gasteiger partial charge is 0.329 e. The fraction of sp³-hybridized carbons (Fsp3) is 0.250. The SMILES string of the molecule is Cc1cc(-c2noc(COCC(=O)O)n2)ccc1F. The molecule has 0 spiro atoms. The van der Waals surface area contributed by atoms with Crippen LogP contribution < -0.4 is 0 Å². The molecule has 2 aromatic rings. The van der Waals surface area contributed by atoms with E-state index in [0.29, 0.717) is 17.0 Å². The van der Waals surface area contributed by atoms with Crippen LogP contribution in [0.1, 0.15) is 11.5 Å². The molecule has 100 valence electrons. The lowest BCUT2D eigenvalue weighted by molar-refractivity contribution is -0.142. The van der Waals surface area contributed by atoms with Crippen LogP contribution in [-0.4, -0.2) is 27.8 Å². The van der Waals surface area contributed by atoms with E-state index in [-0.39, 0.29) is 18.3 Å². The first-order chi connectivity index (χ1) is 9.06. The first-order valence-electron chi connectivity index (χ1n) is 5.45. The van der Waals surface area contributed by atoms with Crippen LogP contribution in [0.5, 0.6) is 0 Å². The maximum absolute atomic E-state index is 13.1. The van der Waals surface area contributed by atoms with E-state index in [1.807, 2.05) is 0 Å².